The van der Waals surface area contributed by atoms with Gasteiger partial charge in [0.25, 0.3) is 0 Å². The SMILES string of the molecule is CC(C#N)c1cccc(F)c1Cl. The molecule has 1 aromatic carbocycles. The Hall–Kier alpha value is -1.07. The number of nitrogens with zero attached hydrogens (tertiary/aromatic N) is 1. The average molecular weight is 184 g/mol. The largest absolute Gasteiger partial charge is 0.205 e. The van der Waals surface area contributed by atoms with Crippen LogP contribution < -0.4 is 0 Å². The van der Waals surface area contributed by atoms with Gasteiger partial charge in [0.1, 0.15) is 5.82 Å². The molecular formula is C9H7ClFN. The molecule has 62 valence electrons. The fourth-order valence-electron chi connectivity index (χ4n) is 0.924. The summed E-state index contributed by atoms with van der Waals surface area (Å²) in [6.07, 6.45) is 0. The summed E-state index contributed by atoms with van der Waals surface area (Å²) in [6, 6.07) is 6.47. The van der Waals surface area contributed by atoms with Crippen LogP contribution in [0, 0.1) is 17.1 Å². The maximum Gasteiger partial charge on any atom is 0.142 e. The summed E-state index contributed by atoms with van der Waals surface area (Å²) in [5, 5.41) is 8.62. The van der Waals surface area contributed by atoms with Crippen molar-refractivity contribution < 1.29 is 4.39 Å². The highest BCUT2D eigenvalue weighted by Crippen LogP contribution is 2.25. The van der Waals surface area contributed by atoms with E-state index in [2.05, 4.69) is 0 Å². The van der Waals surface area contributed by atoms with Crippen LogP contribution >= 0.6 is 11.6 Å². The van der Waals surface area contributed by atoms with Gasteiger partial charge in [-0.3, -0.25) is 0 Å². The molecule has 0 N–H and O–H groups in total. The molecule has 0 heterocycles. The number of nitriles is 1. The van der Waals surface area contributed by atoms with E-state index in [1.54, 1.807) is 19.1 Å². The normalized spacial score (nSPS) is 12.2. The molecular weight excluding hydrogens is 177 g/mol. The van der Waals surface area contributed by atoms with Crippen LogP contribution in [0.3, 0.4) is 0 Å². The highest BCUT2D eigenvalue weighted by molar-refractivity contribution is 6.31. The predicted molar refractivity (Wildman–Crippen MR) is 45.4 cm³/mol. The Morgan fingerprint density at radius 2 is 2.25 bits per heavy atom. The van der Waals surface area contributed by atoms with E-state index in [9.17, 15) is 4.39 Å². The molecule has 0 fully saturated rings. The van der Waals surface area contributed by atoms with Gasteiger partial charge in [0.05, 0.1) is 17.0 Å². The van der Waals surface area contributed by atoms with Crippen molar-refractivity contribution in [2.24, 2.45) is 0 Å². The summed E-state index contributed by atoms with van der Waals surface area (Å²) in [5.41, 5.74) is 0.541. The lowest BCUT2D eigenvalue weighted by Gasteiger charge is -2.05. The Kier molecular flexibility index (Phi) is 2.67. The second-order valence-corrected chi connectivity index (χ2v) is 2.87. The van der Waals surface area contributed by atoms with Crippen molar-refractivity contribution in [1.29, 1.82) is 5.26 Å². The van der Waals surface area contributed by atoms with Gasteiger partial charge in [-0.15, -0.1) is 0 Å². The molecule has 0 aromatic heterocycles. The molecule has 0 saturated carbocycles. The van der Waals surface area contributed by atoms with E-state index in [4.69, 9.17) is 16.9 Å². The summed E-state index contributed by atoms with van der Waals surface area (Å²) in [7, 11) is 0. The molecule has 1 atom stereocenters. The Bertz CT molecular complexity index is 330. The van der Waals surface area contributed by atoms with Crippen LogP contribution in [-0.4, -0.2) is 0 Å². The van der Waals surface area contributed by atoms with E-state index in [1.165, 1.54) is 6.07 Å². The van der Waals surface area contributed by atoms with Crippen LogP contribution in [-0.2, 0) is 0 Å². The monoisotopic (exact) mass is 183 g/mol. The zero-order valence-electron chi connectivity index (χ0n) is 6.51. The van der Waals surface area contributed by atoms with E-state index in [-0.39, 0.29) is 10.9 Å². The van der Waals surface area contributed by atoms with Gasteiger partial charge in [0, 0.05) is 0 Å². The van der Waals surface area contributed by atoms with E-state index in [1.807, 2.05) is 6.07 Å². The fraction of sp³-hybridized carbons (Fsp3) is 0.222. The van der Waals surface area contributed by atoms with Crippen LogP contribution in [0.5, 0.6) is 0 Å². The molecule has 3 heteroatoms. The lowest BCUT2D eigenvalue weighted by atomic mass is 10.0. The Morgan fingerprint density at radius 1 is 1.58 bits per heavy atom. The summed E-state index contributed by atoms with van der Waals surface area (Å²) in [6.45, 7) is 1.68. The molecule has 0 aliphatic carbocycles. The first-order valence-corrected chi connectivity index (χ1v) is 3.88. The first-order valence-electron chi connectivity index (χ1n) is 3.50. The summed E-state index contributed by atoms with van der Waals surface area (Å²) in [4.78, 5) is 0. The molecule has 0 aliphatic heterocycles. The molecule has 1 aromatic rings. The Balaban J connectivity index is 3.18. The van der Waals surface area contributed by atoms with Gasteiger partial charge < -0.3 is 0 Å². The van der Waals surface area contributed by atoms with Crippen LogP contribution in [0.25, 0.3) is 0 Å². The minimum atomic E-state index is -0.476. The van der Waals surface area contributed by atoms with Gasteiger partial charge in [0.2, 0.25) is 0 Å². The lowest BCUT2D eigenvalue weighted by molar-refractivity contribution is 0.625. The number of halogens is 2. The molecule has 1 nitrogen and oxygen atoms in total. The number of rotatable bonds is 1. The van der Waals surface area contributed by atoms with Crippen molar-refractivity contribution in [3.05, 3.63) is 34.6 Å². The molecule has 12 heavy (non-hydrogen) atoms. The third-order valence-electron chi connectivity index (χ3n) is 1.64. The maximum absolute atomic E-state index is 12.8. The number of hydrogen-bond donors (Lipinski definition) is 0. The smallest absolute Gasteiger partial charge is 0.142 e. The summed E-state index contributed by atoms with van der Waals surface area (Å²) >= 11 is 5.64. The summed E-state index contributed by atoms with van der Waals surface area (Å²) < 4.78 is 12.8. The van der Waals surface area contributed by atoms with Crippen LogP contribution in [0.2, 0.25) is 5.02 Å². The molecule has 1 unspecified atom stereocenters. The third kappa shape index (κ3) is 1.57. The molecule has 1 rings (SSSR count). The fourth-order valence-corrected chi connectivity index (χ4v) is 1.21. The standard InChI is InChI=1S/C9H7ClFN/c1-6(5-12)7-3-2-4-8(11)9(7)10/h2-4,6H,1H3. The lowest BCUT2D eigenvalue weighted by Crippen LogP contribution is -1.92. The number of hydrogen-bond acceptors (Lipinski definition) is 1. The van der Waals surface area contributed by atoms with Crippen molar-refractivity contribution in [3.63, 3.8) is 0 Å². The molecule has 0 spiro atoms. The second kappa shape index (κ2) is 3.55. The van der Waals surface area contributed by atoms with E-state index in [0.29, 0.717) is 5.56 Å². The van der Waals surface area contributed by atoms with Crippen molar-refractivity contribution in [2.45, 2.75) is 12.8 Å². The van der Waals surface area contributed by atoms with Crippen LogP contribution in [0.4, 0.5) is 4.39 Å². The van der Waals surface area contributed by atoms with Crippen molar-refractivity contribution in [1.82, 2.24) is 0 Å². The van der Waals surface area contributed by atoms with E-state index < -0.39 is 5.82 Å². The van der Waals surface area contributed by atoms with Crippen molar-refractivity contribution in [3.8, 4) is 6.07 Å². The zero-order valence-corrected chi connectivity index (χ0v) is 7.27. The molecule has 0 amide bonds. The predicted octanol–water partition coefficient (Wildman–Crippen LogP) is 3.11. The first kappa shape index (κ1) is 9.02. The maximum atomic E-state index is 12.8. The van der Waals surface area contributed by atoms with E-state index in [0.717, 1.165) is 0 Å². The zero-order chi connectivity index (χ0) is 9.14. The Morgan fingerprint density at radius 3 is 2.83 bits per heavy atom. The minimum Gasteiger partial charge on any atom is -0.205 e. The van der Waals surface area contributed by atoms with Crippen molar-refractivity contribution in [2.75, 3.05) is 0 Å². The van der Waals surface area contributed by atoms with Gasteiger partial charge in [0.15, 0.2) is 0 Å². The van der Waals surface area contributed by atoms with Gasteiger partial charge in [-0.2, -0.15) is 5.26 Å². The first-order chi connectivity index (χ1) is 5.66. The van der Waals surface area contributed by atoms with Gasteiger partial charge in [-0.05, 0) is 18.6 Å². The minimum absolute atomic E-state index is 0.0477. The topological polar surface area (TPSA) is 23.8 Å². The van der Waals surface area contributed by atoms with Gasteiger partial charge in [-0.1, -0.05) is 23.7 Å². The highest BCUT2D eigenvalue weighted by atomic mass is 35.5. The average Bonchev–Trinajstić information content (AvgIpc) is 2.08. The Labute approximate surface area is 75.4 Å². The third-order valence-corrected chi connectivity index (χ3v) is 2.04. The van der Waals surface area contributed by atoms with Gasteiger partial charge >= 0.3 is 0 Å². The van der Waals surface area contributed by atoms with Crippen molar-refractivity contribution >= 4 is 11.6 Å². The molecule has 0 radical (unpaired) electrons. The summed E-state index contributed by atoms with van der Waals surface area (Å²) in [5.74, 6) is -0.843. The molecule has 0 saturated heterocycles. The highest BCUT2D eigenvalue weighted by Gasteiger charge is 2.10. The van der Waals surface area contributed by atoms with Gasteiger partial charge in [-0.25, -0.2) is 4.39 Å². The van der Waals surface area contributed by atoms with Crippen LogP contribution in [0.1, 0.15) is 18.4 Å². The second-order valence-electron chi connectivity index (χ2n) is 2.49. The van der Waals surface area contributed by atoms with E-state index >= 15 is 0 Å². The molecule has 0 bridgehead atoms. The quantitative estimate of drug-likeness (QED) is 0.656. The van der Waals surface area contributed by atoms with Crippen LogP contribution in [0.15, 0.2) is 18.2 Å². The number of benzene rings is 1. The molecule has 0 aliphatic rings.